The van der Waals surface area contributed by atoms with Gasteiger partial charge in [0.1, 0.15) is 48.5 Å². The van der Waals surface area contributed by atoms with Crippen LogP contribution in [0.15, 0.2) is 97.6 Å². The average Bonchev–Trinajstić information content (AvgIpc) is 4.29. The third-order valence-corrected chi connectivity index (χ3v) is 15.8. The lowest BCUT2D eigenvalue weighted by molar-refractivity contribution is -0.0660. The van der Waals surface area contributed by atoms with Crippen molar-refractivity contribution >= 4 is 40.7 Å². The van der Waals surface area contributed by atoms with Crippen LogP contribution in [-0.2, 0) is 9.47 Å². The molecule has 6 fully saturated rings. The molecule has 6 saturated heterocycles. The lowest BCUT2D eigenvalue weighted by Crippen LogP contribution is -2.56. The summed E-state index contributed by atoms with van der Waals surface area (Å²) >= 11 is 0. The molecule has 420 valence electrons. The second kappa shape index (κ2) is 24.6. The number of anilines is 6. The Hall–Kier alpha value is -8.25. The number of rotatable bonds is 14. The summed E-state index contributed by atoms with van der Waals surface area (Å²) in [5.41, 5.74) is 6.01. The van der Waals surface area contributed by atoms with Crippen molar-refractivity contribution in [1.82, 2.24) is 49.9 Å². The molecule has 22 heteroatoms. The van der Waals surface area contributed by atoms with Crippen molar-refractivity contribution in [3.8, 4) is 46.4 Å². The van der Waals surface area contributed by atoms with E-state index >= 15 is 0 Å². The Labute approximate surface area is 471 Å². The molecule has 3 atom stereocenters. The van der Waals surface area contributed by atoms with Crippen molar-refractivity contribution < 1.29 is 28.8 Å². The van der Waals surface area contributed by atoms with Crippen molar-refractivity contribution in [2.45, 2.75) is 63.9 Å². The zero-order valence-electron chi connectivity index (χ0n) is 45.9. The van der Waals surface area contributed by atoms with Gasteiger partial charge < -0.3 is 54.7 Å². The molecular formula is C59H68N16O6. The number of hydrogen-bond donors (Lipinski definition) is 4. The van der Waals surface area contributed by atoms with E-state index in [9.17, 15) is 20.4 Å². The predicted molar refractivity (Wildman–Crippen MR) is 305 cm³/mol. The van der Waals surface area contributed by atoms with Crippen LogP contribution in [0.5, 0.6) is 11.5 Å². The second-order valence-electron chi connectivity index (χ2n) is 22.1. The van der Waals surface area contributed by atoms with Crippen molar-refractivity contribution in [3.63, 3.8) is 0 Å². The van der Waals surface area contributed by atoms with Crippen LogP contribution in [0.2, 0.25) is 0 Å². The zero-order valence-corrected chi connectivity index (χ0v) is 45.9. The lowest BCUT2D eigenvalue weighted by Gasteiger charge is -2.43. The number of aromatic nitrogens is 6. The van der Waals surface area contributed by atoms with E-state index in [0.717, 1.165) is 115 Å². The van der Waals surface area contributed by atoms with Gasteiger partial charge in [0.25, 0.3) is 0 Å². The van der Waals surface area contributed by atoms with E-state index in [1.165, 1.54) is 28.9 Å². The second-order valence-corrected chi connectivity index (χ2v) is 22.1. The van der Waals surface area contributed by atoms with Gasteiger partial charge in [-0.25, -0.2) is 24.7 Å². The van der Waals surface area contributed by atoms with Crippen molar-refractivity contribution in [2.75, 3.05) is 119 Å². The first kappa shape index (κ1) is 54.7. The maximum Gasteiger partial charge on any atom is 0.407 e. The van der Waals surface area contributed by atoms with E-state index in [4.69, 9.17) is 18.9 Å². The molecule has 0 aliphatic carbocycles. The Balaban J connectivity index is 0.000000173. The molecule has 6 aromatic rings. The Bertz CT molecular complexity index is 3210. The smallest absolute Gasteiger partial charge is 0.407 e. The third-order valence-electron chi connectivity index (χ3n) is 15.8. The van der Waals surface area contributed by atoms with Gasteiger partial charge in [0, 0.05) is 106 Å². The van der Waals surface area contributed by atoms with Crippen LogP contribution in [0, 0.1) is 28.1 Å². The van der Waals surface area contributed by atoms with Gasteiger partial charge in [-0.2, -0.15) is 20.5 Å². The molecule has 2 aromatic heterocycles. The Kier molecular flexibility index (Phi) is 16.6. The molecule has 1 unspecified atom stereocenters. The third kappa shape index (κ3) is 13.0. The topological polar surface area (TPSA) is 251 Å². The number of nitriles is 2. The van der Waals surface area contributed by atoms with Gasteiger partial charge in [0.2, 0.25) is 11.9 Å². The molecule has 1 amide bonds. The molecule has 22 nitrogen and oxygen atoms in total. The maximum atomic E-state index is 11.8. The van der Waals surface area contributed by atoms with Crippen LogP contribution in [0.1, 0.15) is 44.7 Å². The normalized spacial score (nSPS) is 20.7. The van der Waals surface area contributed by atoms with Crippen LogP contribution < -0.4 is 35.2 Å². The Morgan fingerprint density at radius 2 is 1.12 bits per heavy atom. The van der Waals surface area contributed by atoms with E-state index < -0.39 is 6.09 Å². The number of carbonyl (C=O) groups is 1. The predicted octanol–water partition coefficient (Wildman–Crippen LogP) is 6.64. The summed E-state index contributed by atoms with van der Waals surface area (Å²) in [6.07, 6.45) is 3.16. The van der Waals surface area contributed by atoms with Crippen molar-refractivity contribution in [3.05, 3.63) is 109 Å². The van der Waals surface area contributed by atoms with Crippen molar-refractivity contribution in [2.24, 2.45) is 5.41 Å². The van der Waals surface area contributed by atoms with Crippen LogP contribution in [0.25, 0.3) is 22.8 Å². The van der Waals surface area contributed by atoms with Crippen molar-refractivity contribution in [1.29, 1.82) is 10.5 Å². The fourth-order valence-corrected chi connectivity index (χ4v) is 11.2. The molecule has 0 radical (unpaired) electrons. The fourth-order valence-electron chi connectivity index (χ4n) is 11.2. The molecule has 0 spiro atoms. The highest BCUT2D eigenvalue weighted by Crippen LogP contribution is 2.37. The summed E-state index contributed by atoms with van der Waals surface area (Å²) < 4.78 is 23.0. The number of ether oxygens (including phenoxy) is 4. The molecule has 4 N–H and O–H groups in total. The zero-order chi connectivity index (χ0) is 55.9. The number of nitrogens with one attached hydrogen (secondary N) is 3. The van der Waals surface area contributed by atoms with Crippen LogP contribution >= 0.6 is 0 Å². The first-order chi connectivity index (χ1) is 39.4. The summed E-state index contributed by atoms with van der Waals surface area (Å²) in [6.45, 7) is 19.8. The number of amides is 1. The maximum absolute atomic E-state index is 11.8. The molecule has 8 heterocycles. The standard InChI is InChI=1S/C32H38N8O4.C27H30N8O2/c1-32(2,3)28-27(10-11-40(28)31(41)42)44-26-9-4-21(16-22(26)17-33)29-34-20-35-30(37-29)36-23-5-7-24(8-6-23)38-12-14-39(15-13-38)25-18-43-19-25;28-14-20-13-19(1-6-25(20)37-24-7-8-29-15-24)26-30-18-31-27(33-26)32-21-2-4-22(5-3-21)34-9-11-35(12-10-34)23-16-36-17-23/h4-9,16,20,25,27-28H,10-15,18-19H2,1-3H3,(H,41,42)(H,34,35,36,37);1-6,13,18,23-24,29H,7-12,15-17H2,(H,30,31,32,33)/t27?,28-;24-/m01/s1. The number of piperazine rings is 2. The summed E-state index contributed by atoms with van der Waals surface area (Å²) in [5.74, 6) is 2.76. The van der Waals surface area contributed by atoms with E-state index in [1.807, 2.05) is 57.2 Å². The van der Waals surface area contributed by atoms with Gasteiger partial charge >= 0.3 is 6.09 Å². The molecule has 81 heavy (non-hydrogen) atoms. The molecule has 6 aliphatic heterocycles. The van der Waals surface area contributed by atoms with Gasteiger partial charge in [0.05, 0.1) is 55.7 Å². The highest BCUT2D eigenvalue weighted by atomic mass is 16.5. The molecule has 12 rings (SSSR count). The summed E-state index contributed by atoms with van der Waals surface area (Å²) in [5, 5.41) is 39.1. The number of likely N-dealkylation sites (tertiary alicyclic amines) is 1. The molecule has 0 bridgehead atoms. The minimum atomic E-state index is -0.962. The molecule has 6 aliphatic rings. The Morgan fingerprint density at radius 3 is 1.53 bits per heavy atom. The largest absolute Gasteiger partial charge is 0.488 e. The minimum absolute atomic E-state index is 0.0874. The monoisotopic (exact) mass is 1100 g/mol. The van der Waals surface area contributed by atoms with E-state index in [0.29, 0.717) is 76.8 Å². The number of benzene rings is 4. The summed E-state index contributed by atoms with van der Waals surface area (Å²) in [4.78, 5) is 49.5. The fraction of sp³-hybridized carbons (Fsp3) is 0.441. The van der Waals surface area contributed by atoms with Gasteiger partial charge in [-0.15, -0.1) is 0 Å². The summed E-state index contributed by atoms with van der Waals surface area (Å²) in [6, 6.07) is 32.6. The highest BCUT2D eigenvalue weighted by molar-refractivity contribution is 5.67. The number of nitrogens with zero attached hydrogens (tertiary/aromatic N) is 13. The number of hydrogen-bond acceptors (Lipinski definition) is 20. The number of carboxylic acid groups (broad SMARTS) is 1. The molecule has 4 aromatic carbocycles. The molecular weight excluding hydrogens is 1030 g/mol. The quantitative estimate of drug-likeness (QED) is 0.0892. The van der Waals surface area contributed by atoms with Gasteiger partial charge in [0.15, 0.2) is 11.6 Å². The first-order valence-corrected chi connectivity index (χ1v) is 27.8. The van der Waals surface area contributed by atoms with Gasteiger partial charge in [-0.1, -0.05) is 20.8 Å². The van der Waals surface area contributed by atoms with Gasteiger partial charge in [-0.05, 0) is 103 Å². The van der Waals surface area contributed by atoms with Crippen LogP contribution in [0.3, 0.4) is 0 Å². The van der Waals surface area contributed by atoms with E-state index in [2.05, 4.69) is 102 Å². The first-order valence-electron chi connectivity index (χ1n) is 27.8. The van der Waals surface area contributed by atoms with Crippen LogP contribution in [0.4, 0.5) is 39.4 Å². The Morgan fingerprint density at radius 1 is 0.642 bits per heavy atom. The highest BCUT2D eigenvalue weighted by Gasteiger charge is 2.46. The summed E-state index contributed by atoms with van der Waals surface area (Å²) in [7, 11) is 0. The van der Waals surface area contributed by atoms with E-state index in [-0.39, 0.29) is 23.7 Å². The van der Waals surface area contributed by atoms with Gasteiger partial charge in [-0.3, -0.25) is 9.80 Å². The SMILES string of the molecule is CC(C)(C)[C@@H]1C(Oc2ccc(-c3ncnc(Nc4ccc(N5CCN(C6COC6)CC5)cc4)n3)cc2C#N)CCN1C(=O)O.N#Cc1cc(-c2ncnc(Nc3ccc(N4CCN(C5COC5)CC4)cc3)n2)ccc1O[C@@H]1CCNC1. The molecule has 0 saturated carbocycles. The average molecular weight is 1100 g/mol. The lowest BCUT2D eigenvalue weighted by atomic mass is 9.84. The van der Waals surface area contributed by atoms with Crippen LogP contribution in [-0.4, -0.2) is 185 Å². The minimum Gasteiger partial charge on any atom is -0.488 e. The van der Waals surface area contributed by atoms with E-state index in [1.54, 1.807) is 24.3 Å².